The molecule has 0 saturated carbocycles. The highest BCUT2D eigenvalue weighted by Gasteiger charge is 2.42. The molecule has 4 fully saturated rings. The maximum Gasteiger partial charge on any atom is 0.328 e. The van der Waals surface area contributed by atoms with Gasteiger partial charge in [-0.2, -0.15) is 4.98 Å². The van der Waals surface area contributed by atoms with Crippen LogP contribution in [0.5, 0.6) is 5.75 Å². The summed E-state index contributed by atoms with van der Waals surface area (Å²) in [6, 6.07) is 19.9. The summed E-state index contributed by atoms with van der Waals surface area (Å²) in [5, 5.41) is 8.53. The van der Waals surface area contributed by atoms with Gasteiger partial charge in [0.25, 0.3) is 0 Å². The minimum atomic E-state index is -3.56. The minimum absolute atomic E-state index is 0.0567. The number of aryl methyl sites for hydroxylation is 1. The summed E-state index contributed by atoms with van der Waals surface area (Å²) in [7, 11) is -3.56. The standard InChI is InChI=1S/C44H54ClN9O5S/c1-27(2)59-39-21-35(29(5)20-38(39)48-43-46-22-36(45)42(50-43)47-37-8-6-7-9-40(37)60(57,58)28(3)4)30-14-17-51(18-15-30)33-23-53(24-33)34-25-52(26-34)31-10-12-32(13-11-31)54-19-16-41(55)49-44(54)56/h6-13,20-22,27-28,30,33-34H,14-19,23-26H2,1-5H3,(H,49,55,56)(H2,46,47,48,50). The maximum absolute atomic E-state index is 13.1. The summed E-state index contributed by atoms with van der Waals surface area (Å²) in [6.07, 6.45) is 3.91. The maximum atomic E-state index is 13.1. The Kier molecular flexibility index (Phi) is 12.0. The van der Waals surface area contributed by atoms with Gasteiger partial charge in [-0.3, -0.25) is 24.8 Å². The van der Waals surface area contributed by atoms with Crippen molar-refractivity contribution >= 4 is 67.9 Å². The lowest BCUT2D eigenvalue weighted by Gasteiger charge is -2.55. The number of hydrogen-bond acceptors (Lipinski definition) is 12. The number of benzene rings is 3. The van der Waals surface area contributed by atoms with Gasteiger partial charge < -0.3 is 20.3 Å². The third-order valence-electron chi connectivity index (χ3n) is 12.1. The van der Waals surface area contributed by atoms with Gasteiger partial charge in [-0.15, -0.1) is 0 Å². The number of para-hydroxylation sites is 1. The lowest BCUT2D eigenvalue weighted by Crippen LogP contribution is -2.70. The number of nitrogens with one attached hydrogen (secondary N) is 3. The molecule has 16 heteroatoms. The van der Waals surface area contributed by atoms with Gasteiger partial charge >= 0.3 is 6.03 Å². The molecule has 3 amide bonds. The first-order valence-electron chi connectivity index (χ1n) is 20.9. The number of anilines is 6. The number of rotatable bonds is 13. The Morgan fingerprint density at radius 1 is 0.850 bits per heavy atom. The first-order chi connectivity index (χ1) is 28.7. The number of carbonyl (C=O) groups is 2. The van der Waals surface area contributed by atoms with E-state index in [1.165, 1.54) is 17.3 Å². The summed E-state index contributed by atoms with van der Waals surface area (Å²) in [5.41, 5.74) is 5.55. The summed E-state index contributed by atoms with van der Waals surface area (Å²) in [4.78, 5) is 42.3. The van der Waals surface area contributed by atoms with Crippen molar-refractivity contribution in [1.82, 2.24) is 25.1 Å². The van der Waals surface area contributed by atoms with Gasteiger partial charge in [0.1, 0.15) is 10.8 Å². The molecule has 8 rings (SSSR count). The zero-order valence-corrected chi connectivity index (χ0v) is 36.4. The van der Waals surface area contributed by atoms with Crippen LogP contribution in [0.3, 0.4) is 0 Å². The Bertz CT molecular complexity index is 2340. The van der Waals surface area contributed by atoms with Gasteiger partial charge in [0.2, 0.25) is 11.9 Å². The lowest BCUT2D eigenvalue weighted by atomic mass is 9.85. The Hall–Kier alpha value is -4.96. The first kappa shape index (κ1) is 41.8. The number of piperidine rings is 1. The number of urea groups is 1. The van der Waals surface area contributed by atoms with Crippen LogP contribution in [-0.2, 0) is 14.6 Å². The molecule has 4 aliphatic rings. The number of sulfone groups is 1. The van der Waals surface area contributed by atoms with E-state index in [0.29, 0.717) is 42.6 Å². The van der Waals surface area contributed by atoms with Crippen molar-refractivity contribution < 1.29 is 22.7 Å². The van der Waals surface area contributed by atoms with Crippen LogP contribution < -0.4 is 30.5 Å². The van der Waals surface area contributed by atoms with Gasteiger partial charge in [0.05, 0.1) is 33.8 Å². The fourth-order valence-electron chi connectivity index (χ4n) is 8.57. The zero-order chi connectivity index (χ0) is 42.3. The van der Waals surface area contributed by atoms with Gasteiger partial charge in [0, 0.05) is 62.6 Å². The van der Waals surface area contributed by atoms with E-state index in [1.807, 2.05) is 26.0 Å². The zero-order valence-electron chi connectivity index (χ0n) is 34.8. The second kappa shape index (κ2) is 17.2. The van der Waals surface area contributed by atoms with E-state index in [-0.39, 0.29) is 33.8 Å². The molecule has 4 saturated heterocycles. The number of halogens is 1. The molecular formula is C44H54ClN9O5S. The molecule has 0 radical (unpaired) electrons. The van der Waals surface area contributed by atoms with E-state index >= 15 is 0 Å². The molecule has 0 spiro atoms. The molecule has 0 aliphatic carbocycles. The number of carbonyl (C=O) groups excluding carboxylic acids is 2. The molecule has 4 aromatic rings. The van der Waals surface area contributed by atoms with Gasteiger partial charge in [-0.05, 0) is 126 Å². The number of ether oxygens (including phenoxy) is 1. The highest BCUT2D eigenvalue weighted by molar-refractivity contribution is 7.92. The molecule has 1 aromatic heterocycles. The average Bonchev–Trinajstić information content (AvgIpc) is 3.18. The number of aromatic nitrogens is 2. The predicted octanol–water partition coefficient (Wildman–Crippen LogP) is 7.09. The normalized spacial score (nSPS) is 18.7. The number of hydrogen-bond donors (Lipinski definition) is 3. The molecule has 0 atom stereocenters. The monoisotopic (exact) mass is 855 g/mol. The van der Waals surface area contributed by atoms with Crippen molar-refractivity contribution in [3.63, 3.8) is 0 Å². The highest BCUT2D eigenvalue weighted by Crippen LogP contribution is 2.40. The molecular weight excluding hydrogens is 802 g/mol. The topological polar surface area (TPSA) is 152 Å². The van der Waals surface area contributed by atoms with Gasteiger partial charge in [-0.25, -0.2) is 18.2 Å². The molecule has 0 unspecified atom stereocenters. The molecule has 4 aliphatic heterocycles. The molecule has 318 valence electrons. The van der Waals surface area contributed by atoms with E-state index in [9.17, 15) is 18.0 Å². The quantitative estimate of drug-likeness (QED) is 0.126. The minimum Gasteiger partial charge on any atom is -0.489 e. The third kappa shape index (κ3) is 8.76. The number of nitrogens with zero attached hydrogens (tertiary/aromatic N) is 6. The third-order valence-corrected chi connectivity index (χ3v) is 14.6. The number of likely N-dealkylation sites (tertiary alicyclic amines) is 2. The van der Waals surface area contributed by atoms with E-state index in [1.54, 1.807) is 43.0 Å². The lowest BCUT2D eigenvalue weighted by molar-refractivity contribution is -0.120. The Morgan fingerprint density at radius 3 is 2.22 bits per heavy atom. The number of imide groups is 1. The SMILES string of the molecule is Cc1cc(Nc2ncc(Cl)c(Nc3ccccc3S(=O)(=O)C(C)C)n2)c(OC(C)C)cc1C1CCN(C2CN(C3CN(c4ccc(N5CCC(=O)NC5=O)cc4)C3)C2)CC1. The molecule has 3 aromatic carbocycles. The van der Waals surface area contributed by atoms with Crippen LogP contribution in [0.25, 0.3) is 0 Å². The van der Waals surface area contributed by atoms with Crippen LogP contribution in [0.1, 0.15) is 64.0 Å². The summed E-state index contributed by atoms with van der Waals surface area (Å²) in [5.74, 6) is 1.50. The van der Waals surface area contributed by atoms with E-state index < -0.39 is 15.1 Å². The largest absolute Gasteiger partial charge is 0.489 e. The van der Waals surface area contributed by atoms with Gasteiger partial charge in [0.15, 0.2) is 15.7 Å². The predicted molar refractivity (Wildman–Crippen MR) is 236 cm³/mol. The summed E-state index contributed by atoms with van der Waals surface area (Å²) < 4.78 is 32.5. The van der Waals surface area contributed by atoms with Crippen LogP contribution in [0.15, 0.2) is 71.8 Å². The van der Waals surface area contributed by atoms with E-state index in [0.717, 1.165) is 74.9 Å². The van der Waals surface area contributed by atoms with Crippen molar-refractivity contribution in [2.75, 3.05) is 66.2 Å². The number of amides is 3. The van der Waals surface area contributed by atoms with Crippen molar-refractivity contribution in [2.24, 2.45) is 0 Å². The summed E-state index contributed by atoms with van der Waals surface area (Å²) in [6.45, 7) is 16.2. The summed E-state index contributed by atoms with van der Waals surface area (Å²) >= 11 is 6.53. The van der Waals surface area contributed by atoms with Crippen LogP contribution in [0.2, 0.25) is 5.02 Å². The Labute approximate surface area is 357 Å². The first-order valence-corrected chi connectivity index (χ1v) is 22.8. The van der Waals surface area contributed by atoms with Crippen molar-refractivity contribution in [3.05, 3.63) is 83.0 Å². The molecule has 60 heavy (non-hydrogen) atoms. The smallest absolute Gasteiger partial charge is 0.328 e. The molecule has 14 nitrogen and oxygen atoms in total. The fourth-order valence-corrected chi connectivity index (χ4v) is 9.91. The van der Waals surface area contributed by atoms with Crippen LogP contribution >= 0.6 is 11.6 Å². The Morgan fingerprint density at radius 2 is 1.53 bits per heavy atom. The van der Waals surface area contributed by atoms with Crippen LogP contribution in [0, 0.1) is 6.92 Å². The van der Waals surface area contributed by atoms with Crippen molar-refractivity contribution in [3.8, 4) is 5.75 Å². The fraction of sp³-hybridized carbons (Fsp3) is 0.455. The second-order valence-electron chi connectivity index (χ2n) is 16.8. The Balaban J connectivity index is 0.855. The molecule has 5 heterocycles. The van der Waals surface area contributed by atoms with E-state index in [2.05, 4.69) is 71.8 Å². The average molecular weight is 856 g/mol. The van der Waals surface area contributed by atoms with Crippen LogP contribution in [-0.4, -0.2) is 109 Å². The molecule has 3 N–H and O–H groups in total. The van der Waals surface area contributed by atoms with Crippen LogP contribution in [0.4, 0.5) is 39.3 Å². The highest BCUT2D eigenvalue weighted by atomic mass is 35.5. The second-order valence-corrected chi connectivity index (χ2v) is 19.7. The molecule has 0 bridgehead atoms. The van der Waals surface area contributed by atoms with Gasteiger partial charge in [-0.1, -0.05) is 23.7 Å². The van der Waals surface area contributed by atoms with Crippen molar-refractivity contribution in [2.45, 2.75) is 88.1 Å². The van der Waals surface area contributed by atoms with Crippen molar-refractivity contribution in [1.29, 1.82) is 0 Å². The van der Waals surface area contributed by atoms with E-state index in [4.69, 9.17) is 16.3 Å².